The zero-order chi connectivity index (χ0) is 18.6. The first-order chi connectivity index (χ1) is 13.2. The second-order valence-electron chi connectivity index (χ2n) is 6.22. The normalized spacial score (nSPS) is 16.3. The fourth-order valence-corrected chi connectivity index (χ4v) is 4.31. The predicted octanol–water partition coefficient (Wildman–Crippen LogP) is 5.51. The van der Waals surface area contributed by atoms with Crippen LogP contribution in [0.15, 0.2) is 78.9 Å². The number of nitrogens with zero attached hydrogens (tertiary/aromatic N) is 1. The van der Waals surface area contributed by atoms with E-state index in [4.69, 9.17) is 4.74 Å². The van der Waals surface area contributed by atoms with Crippen molar-refractivity contribution < 1.29 is 13.9 Å². The van der Waals surface area contributed by atoms with Gasteiger partial charge in [-0.25, -0.2) is 4.39 Å². The summed E-state index contributed by atoms with van der Waals surface area (Å²) in [5, 5.41) is -0.0816. The zero-order valence-electron chi connectivity index (χ0n) is 14.5. The molecule has 1 fully saturated rings. The fourth-order valence-electron chi connectivity index (χ4n) is 3.07. The molecular weight excluding hydrogens is 361 g/mol. The highest BCUT2D eigenvalue weighted by atomic mass is 32.2. The largest absolute Gasteiger partial charge is 0.457 e. The molecule has 1 amide bonds. The van der Waals surface area contributed by atoms with Gasteiger partial charge in [0, 0.05) is 17.9 Å². The van der Waals surface area contributed by atoms with Gasteiger partial charge in [-0.05, 0) is 54.1 Å². The summed E-state index contributed by atoms with van der Waals surface area (Å²) >= 11 is 1.72. The third-order valence-corrected chi connectivity index (χ3v) is 5.63. The maximum absolute atomic E-state index is 13.1. The Kier molecular flexibility index (Phi) is 5.12. The van der Waals surface area contributed by atoms with Crippen LogP contribution in [0.4, 0.5) is 4.39 Å². The molecular formula is C22H18FNO2S. The molecule has 3 nitrogen and oxygen atoms in total. The molecule has 1 aliphatic rings. The third kappa shape index (κ3) is 3.98. The van der Waals surface area contributed by atoms with E-state index in [1.54, 1.807) is 11.8 Å². The minimum Gasteiger partial charge on any atom is -0.457 e. The summed E-state index contributed by atoms with van der Waals surface area (Å²) in [4.78, 5) is 14.7. The number of rotatable bonds is 4. The fraction of sp³-hybridized carbons (Fsp3) is 0.136. The van der Waals surface area contributed by atoms with Crippen molar-refractivity contribution >= 4 is 17.7 Å². The van der Waals surface area contributed by atoms with Gasteiger partial charge in [-0.3, -0.25) is 4.79 Å². The van der Waals surface area contributed by atoms with E-state index in [1.807, 2.05) is 59.5 Å². The van der Waals surface area contributed by atoms with Gasteiger partial charge in [0.15, 0.2) is 0 Å². The molecule has 27 heavy (non-hydrogen) atoms. The van der Waals surface area contributed by atoms with Gasteiger partial charge in [0.05, 0.1) is 0 Å². The predicted molar refractivity (Wildman–Crippen MR) is 106 cm³/mol. The smallest absolute Gasteiger partial charge is 0.255 e. The van der Waals surface area contributed by atoms with Crippen LogP contribution in [0.2, 0.25) is 0 Å². The van der Waals surface area contributed by atoms with Crippen molar-refractivity contribution in [3.8, 4) is 11.5 Å². The van der Waals surface area contributed by atoms with E-state index in [-0.39, 0.29) is 17.1 Å². The SMILES string of the molecule is O=C(c1ccc(F)cc1)N1CCS[C@@H]1c1cccc(Oc2ccccc2)c1. The lowest BCUT2D eigenvalue weighted by Gasteiger charge is -2.24. The van der Waals surface area contributed by atoms with Crippen LogP contribution in [-0.4, -0.2) is 23.1 Å². The number of ether oxygens (including phenoxy) is 1. The van der Waals surface area contributed by atoms with E-state index in [0.29, 0.717) is 12.1 Å². The van der Waals surface area contributed by atoms with Crippen LogP contribution < -0.4 is 4.74 Å². The van der Waals surface area contributed by atoms with Crippen LogP contribution in [0.25, 0.3) is 0 Å². The first-order valence-corrected chi connectivity index (χ1v) is 9.76. The van der Waals surface area contributed by atoms with Crippen molar-refractivity contribution in [3.05, 3.63) is 95.8 Å². The molecule has 0 aromatic heterocycles. The van der Waals surface area contributed by atoms with Gasteiger partial charge in [0.2, 0.25) is 0 Å². The Bertz CT molecular complexity index is 931. The monoisotopic (exact) mass is 379 g/mol. The second kappa shape index (κ2) is 7.84. The molecule has 3 aromatic carbocycles. The van der Waals surface area contributed by atoms with Crippen molar-refractivity contribution in [3.63, 3.8) is 0 Å². The molecule has 0 radical (unpaired) electrons. The summed E-state index contributed by atoms with van der Waals surface area (Å²) < 4.78 is 19.1. The molecule has 0 unspecified atom stereocenters. The van der Waals surface area contributed by atoms with Gasteiger partial charge in [-0.15, -0.1) is 11.8 Å². The average Bonchev–Trinajstić information content (AvgIpc) is 3.19. The summed E-state index contributed by atoms with van der Waals surface area (Å²) in [5.74, 6) is 1.94. The standard InChI is InChI=1S/C22H18FNO2S/c23-18-11-9-16(10-12-18)21(25)24-13-14-27-22(24)17-5-4-8-20(15-17)26-19-6-2-1-3-7-19/h1-12,15,22H,13-14H2/t22-/m1/s1. The Morgan fingerprint density at radius 1 is 0.963 bits per heavy atom. The Hall–Kier alpha value is -2.79. The Morgan fingerprint density at radius 2 is 1.70 bits per heavy atom. The summed E-state index contributed by atoms with van der Waals surface area (Å²) in [6, 6.07) is 23.1. The molecule has 3 aromatic rings. The van der Waals surface area contributed by atoms with Gasteiger partial charge in [0.25, 0.3) is 5.91 Å². The minimum absolute atomic E-state index is 0.0816. The second-order valence-corrected chi connectivity index (χ2v) is 7.40. The van der Waals surface area contributed by atoms with Crippen LogP contribution in [0, 0.1) is 5.82 Å². The highest BCUT2D eigenvalue weighted by Gasteiger charge is 2.31. The molecule has 1 aliphatic heterocycles. The molecule has 1 atom stereocenters. The Labute approximate surface area is 161 Å². The van der Waals surface area contributed by atoms with Crippen molar-refractivity contribution in [1.29, 1.82) is 0 Å². The highest BCUT2D eigenvalue weighted by Crippen LogP contribution is 2.40. The number of carbonyl (C=O) groups excluding carboxylic acids is 1. The topological polar surface area (TPSA) is 29.5 Å². The molecule has 0 spiro atoms. The molecule has 4 rings (SSSR count). The molecule has 1 heterocycles. The lowest BCUT2D eigenvalue weighted by Crippen LogP contribution is -2.30. The van der Waals surface area contributed by atoms with E-state index in [9.17, 15) is 9.18 Å². The number of para-hydroxylation sites is 1. The lowest BCUT2D eigenvalue weighted by atomic mass is 10.1. The van der Waals surface area contributed by atoms with Crippen LogP contribution in [0.3, 0.4) is 0 Å². The molecule has 0 saturated carbocycles. The van der Waals surface area contributed by atoms with Gasteiger partial charge < -0.3 is 9.64 Å². The van der Waals surface area contributed by atoms with Gasteiger partial charge in [-0.1, -0.05) is 30.3 Å². The Morgan fingerprint density at radius 3 is 2.48 bits per heavy atom. The maximum Gasteiger partial charge on any atom is 0.255 e. The molecule has 5 heteroatoms. The Balaban J connectivity index is 1.56. The molecule has 0 aliphatic carbocycles. The number of hydrogen-bond acceptors (Lipinski definition) is 3. The van der Waals surface area contributed by atoms with E-state index in [2.05, 4.69) is 0 Å². The quantitative estimate of drug-likeness (QED) is 0.599. The zero-order valence-corrected chi connectivity index (χ0v) is 15.4. The first kappa shape index (κ1) is 17.6. The van der Waals surface area contributed by atoms with E-state index >= 15 is 0 Å². The summed E-state index contributed by atoms with van der Waals surface area (Å²) in [7, 11) is 0. The van der Waals surface area contributed by atoms with Crippen LogP contribution >= 0.6 is 11.8 Å². The van der Waals surface area contributed by atoms with E-state index in [1.165, 1.54) is 24.3 Å². The van der Waals surface area contributed by atoms with E-state index < -0.39 is 0 Å². The number of amides is 1. The van der Waals surface area contributed by atoms with Gasteiger partial charge >= 0.3 is 0 Å². The first-order valence-electron chi connectivity index (χ1n) is 8.72. The van der Waals surface area contributed by atoms with E-state index in [0.717, 1.165) is 22.8 Å². The van der Waals surface area contributed by atoms with Crippen LogP contribution in [-0.2, 0) is 0 Å². The average molecular weight is 379 g/mol. The van der Waals surface area contributed by atoms with Gasteiger partial charge in [0.1, 0.15) is 22.7 Å². The highest BCUT2D eigenvalue weighted by molar-refractivity contribution is 7.99. The molecule has 136 valence electrons. The van der Waals surface area contributed by atoms with Crippen molar-refractivity contribution in [2.24, 2.45) is 0 Å². The molecule has 0 bridgehead atoms. The maximum atomic E-state index is 13.1. The van der Waals surface area contributed by atoms with Crippen molar-refractivity contribution in [2.45, 2.75) is 5.37 Å². The van der Waals surface area contributed by atoms with Crippen molar-refractivity contribution in [2.75, 3.05) is 12.3 Å². The number of thioether (sulfide) groups is 1. The van der Waals surface area contributed by atoms with Crippen LogP contribution in [0.5, 0.6) is 11.5 Å². The number of benzene rings is 3. The summed E-state index contributed by atoms with van der Waals surface area (Å²) in [6.45, 7) is 0.662. The number of hydrogen-bond donors (Lipinski definition) is 0. The van der Waals surface area contributed by atoms with Crippen LogP contribution in [0.1, 0.15) is 21.3 Å². The summed E-state index contributed by atoms with van der Waals surface area (Å²) in [6.07, 6.45) is 0. The summed E-state index contributed by atoms with van der Waals surface area (Å²) in [5.41, 5.74) is 1.52. The number of carbonyl (C=O) groups is 1. The molecule has 1 saturated heterocycles. The number of halogens is 1. The lowest BCUT2D eigenvalue weighted by molar-refractivity contribution is 0.0760. The van der Waals surface area contributed by atoms with Crippen molar-refractivity contribution in [1.82, 2.24) is 4.90 Å². The van der Waals surface area contributed by atoms with Gasteiger partial charge in [-0.2, -0.15) is 0 Å². The third-order valence-electron chi connectivity index (χ3n) is 4.37. The minimum atomic E-state index is -0.343. The molecule has 0 N–H and O–H groups in total.